The summed E-state index contributed by atoms with van der Waals surface area (Å²) in [5, 5.41) is 3.84. The first-order chi connectivity index (χ1) is 6.60. The predicted octanol–water partition coefficient (Wildman–Crippen LogP) is -2.69. The Morgan fingerprint density at radius 3 is 2.71 bits per heavy atom. The van der Waals surface area contributed by atoms with Gasteiger partial charge in [0.05, 0.1) is 0 Å². The first-order valence-corrected chi connectivity index (χ1v) is 4.03. The van der Waals surface area contributed by atoms with Crippen molar-refractivity contribution in [2.45, 2.75) is 19.9 Å². The van der Waals surface area contributed by atoms with Crippen LogP contribution in [0.3, 0.4) is 0 Å². The molecule has 1 aromatic heterocycles. The van der Waals surface area contributed by atoms with E-state index in [1.807, 2.05) is 5.43 Å². The van der Waals surface area contributed by atoms with E-state index in [1.54, 1.807) is 6.92 Å². The predicted molar refractivity (Wildman–Crippen MR) is 48.3 cm³/mol. The number of nitrogens with two attached hydrogens (primary N) is 2. The molecule has 0 atom stereocenters. The summed E-state index contributed by atoms with van der Waals surface area (Å²) < 4.78 is 1.87. The molecule has 0 unspecified atom stereocenters. The van der Waals surface area contributed by atoms with Crippen LogP contribution in [0.1, 0.15) is 12.7 Å². The summed E-state index contributed by atoms with van der Waals surface area (Å²) >= 11 is 0. The van der Waals surface area contributed by atoms with E-state index in [4.69, 9.17) is 11.7 Å². The highest BCUT2D eigenvalue weighted by Gasteiger charge is 2.11. The fourth-order valence-corrected chi connectivity index (χ4v) is 0.991. The number of carbonyl (C=O) groups is 1. The van der Waals surface area contributed by atoms with Crippen molar-refractivity contribution < 1.29 is 4.79 Å². The molecule has 1 heterocycles. The molecular weight excluding hydrogens is 188 g/mol. The first kappa shape index (κ1) is 10.3. The maximum absolute atomic E-state index is 11.3. The molecule has 78 valence electrons. The van der Waals surface area contributed by atoms with Gasteiger partial charge in [-0.25, -0.2) is 15.3 Å². The van der Waals surface area contributed by atoms with E-state index in [-0.39, 0.29) is 6.54 Å². The van der Waals surface area contributed by atoms with E-state index in [9.17, 15) is 9.59 Å². The SMILES string of the molecule is CCc1nn(CC(=O)NN)c(=O)n1N. The average Bonchev–Trinajstić information content (AvgIpc) is 2.45. The van der Waals surface area contributed by atoms with Crippen LogP contribution < -0.4 is 22.8 Å². The number of nitrogen functional groups attached to an aromatic ring is 1. The summed E-state index contributed by atoms with van der Waals surface area (Å²) in [5.74, 6) is 10.2. The molecule has 0 saturated heterocycles. The molecular formula is C6H12N6O2. The molecule has 5 N–H and O–H groups in total. The van der Waals surface area contributed by atoms with Gasteiger partial charge in [-0.05, 0) is 0 Å². The van der Waals surface area contributed by atoms with Crippen LogP contribution in [0.4, 0.5) is 0 Å². The maximum atomic E-state index is 11.3. The number of rotatable bonds is 3. The van der Waals surface area contributed by atoms with Gasteiger partial charge >= 0.3 is 5.69 Å². The number of amides is 1. The van der Waals surface area contributed by atoms with E-state index in [2.05, 4.69) is 5.10 Å². The monoisotopic (exact) mass is 200 g/mol. The van der Waals surface area contributed by atoms with Crippen LogP contribution in [0.5, 0.6) is 0 Å². The molecule has 0 radical (unpaired) electrons. The Morgan fingerprint density at radius 2 is 2.29 bits per heavy atom. The summed E-state index contributed by atoms with van der Waals surface area (Å²) in [5.41, 5.74) is 1.36. The van der Waals surface area contributed by atoms with E-state index < -0.39 is 11.6 Å². The van der Waals surface area contributed by atoms with Crippen molar-refractivity contribution >= 4 is 5.91 Å². The van der Waals surface area contributed by atoms with E-state index >= 15 is 0 Å². The summed E-state index contributed by atoms with van der Waals surface area (Å²) in [6.07, 6.45) is 0.517. The lowest BCUT2D eigenvalue weighted by molar-refractivity contribution is -0.121. The molecule has 1 amide bonds. The van der Waals surface area contributed by atoms with E-state index in [1.165, 1.54) is 0 Å². The van der Waals surface area contributed by atoms with Gasteiger partial charge in [0.15, 0.2) is 5.82 Å². The standard InChI is InChI=1S/C6H12N6O2/c1-2-4-10-11(3-5(13)9-7)6(14)12(4)8/h2-3,7-8H2,1H3,(H,9,13). The lowest BCUT2D eigenvalue weighted by atomic mass is 10.5. The Hall–Kier alpha value is -1.83. The van der Waals surface area contributed by atoms with Crippen molar-refractivity contribution in [3.8, 4) is 0 Å². The number of carbonyl (C=O) groups excluding carboxylic acids is 1. The average molecular weight is 200 g/mol. The zero-order chi connectivity index (χ0) is 10.7. The van der Waals surface area contributed by atoms with Crippen LogP contribution in [0.15, 0.2) is 4.79 Å². The van der Waals surface area contributed by atoms with Gasteiger partial charge in [-0.3, -0.25) is 10.2 Å². The van der Waals surface area contributed by atoms with Crippen molar-refractivity contribution in [3.63, 3.8) is 0 Å². The number of nitrogens with one attached hydrogen (secondary N) is 1. The molecule has 1 rings (SSSR count). The molecule has 8 heteroatoms. The molecule has 0 spiro atoms. The van der Waals surface area contributed by atoms with E-state index in [0.717, 1.165) is 9.36 Å². The Balaban J connectivity index is 2.99. The van der Waals surface area contributed by atoms with Crippen LogP contribution in [0, 0.1) is 0 Å². The van der Waals surface area contributed by atoms with Gasteiger partial charge in [-0.1, -0.05) is 6.92 Å². The summed E-state index contributed by atoms with van der Waals surface area (Å²) in [6, 6.07) is 0. The quantitative estimate of drug-likeness (QED) is 0.279. The van der Waals surface area contributed by atoms with Crippen LogP contribution in [0.25, 0.3) is 0 Å². The Labute approximate surface area is 79.4 Å². The second kappa shape index (κ2) is 3.92. The fourth-order valence-electron chi connectivity index (χ4n) is 0.991. The molecule has 1 aromatic rings. The van der Waals surface area contributed by atoms with Crippen LogP contribution >= 0.6 is 0 Å². The van der Waals surface area contributed by atoms with Crippen molar-refractivity contribution in [1.29, 1.82) is 0 Å². The molecule has 8 nitrogen and oxygen atoms in total. The fraction of sp³-hybridized carbons (Fsp3) is 0.500. The highest BCUT2D eigenvalue weighted by molar-refractivity contribution is 5.74. The van der Waals surface area contributed by atoms with Gasteiger partial charge in [-0.2, -0.15) is 9.77 Å². The molecule has 14 heavy (non-hydrogen) atoms. The van der Waals surface area contributed by atoms with E-state index in [0.29, 0.717) is 12.2 Å². The minimum Gasteiger partial charge on any atom is -0.333 e. The molecule has 0 aliphatic rings. The normalized spacial score (nSPS) is 10.1. The summed E-state index contributed by atoms with van der Waals surface area (Å²) in [4.78, 5) is 22.2. The Kier molecular flexibility index (Phi) is 2.87. The molecule has 0 aromatic carbocycles. The lowest BCUT2D eigenvalue weighted by Crippen LogP contribution is -2.38. The minimum atomic E-state index is -0.537. The Morgan fingerprint density at radius 1 is 1.64 bits per heavy atom. The zero-order valence-corrected chi connectivity index (χ0v) is 7.73. The molecule has 0 aliphatic heterocycles. The van der Waals surface area contributed by atoms with Crippen molar-refractivity contribution in [2.24, 2.45) is 5.84 Å². The second-order valence-corrected chi connectivity index (χ2v) is 2.65. The third-order valence-corrected chi connectivity index (χ3v) is 1.71. The number of hydrogen-bond donors (Lipinski definition) is 3. The van der Waals surface area contributed by atoms with Gasteiger partial charge < -0.3 is 5.84 Å². The largest absolute Gasteiger partial charge is 0.365 e. The smallest absolute Gasteiger partial charge is 0.333 e. The van der Waals surface area contributed by atoms with Crippen molar-refractivity contribution in [3.05, 3.63) is 16.3 Å². The highest BCUT2D eigenvalue weighted by Crippen LogP contribution is 1.88. The van der Waals surface area contributed by atoms with Crippen molar-refractivity contribution in [2.75, 3.05) is 5.84 Å². The van der Waals surface area contributed by atoms with Gasteiger partial charge in [0, 0.05) is 6.42 Å². The first-order valence-electron chi connectivity index (χ1n) is 4.03. The maximum Gasteiger partial charge on any atom is 0.365 e. The summed E-state index contributed by atoms with van der Waals surface area (Å²) in [7, 11) is 0. The lowest BCUT2D eigenvalue weighted by Gasteiger charge is -1.96. The number of aromatic nitrogens is 3. The zero-order valence-electron chi connectivity index (χ0n) is 7.73. The molecule has 0 bridgehead atoms. The third kappa shape index (κ3) is 1.74. The second-order valence-electron chi connectivity index (χ2n) is 2.65. The number of aryl methyl sites for hydroxylation is 1. The van der Waals surface area contributed by atoms with Gasteiger partial charge in [0.25, 0.3) is 5.91 Å². The van der Waals surface area contributed by atoms with Crippen LogP contribution in [0.2, 0.25) is 0 Å². The number of nitrogens with zero attached hydrogens (tertiary/aromatic N) is 3. The van der Waals surface area contributed by atoms with Crippen molar-refractivity contribution in [1.82, 2.24) is 19.9 Å². The highest BCUT2D eigenvalue weighted by atomic mass is 16.2. The molecule has 0 fully saturated rings. The van der Waals surface area contributed by atoms with Gasteiger partial charge in [0.1, 0.15) is 6.54 Å². The van der Waals surface area contributed by atoms with Crippen LogP contribution in [-0.4, -0.2) is 20.4 Å². The van der Waals surface area contributed by atoms with Gasteiger partial charge in [-0.15, -0.1) is 0 Å². The minimum absolute atomic E-state index is 0.230. The Bertz CT molecular complexity index is 392. The summed E-state index contributed by atoms with van der Waals surface area (Å²) in [6.45, 7) is 1.57. The molecule has 0 aliphatic carbocycles. The van der Waals surface area contributed by atoms with Crippen LogP contribution in [-0.2, 0) is 17.8 Å². The topological polar surface area (TPSA) is 121 Å². The third-order valence-electron chi connectivity index (χ3n) is 1.71. The van der Waals surface area contributed by atoms with Gasteiger partial charge in [0.2, 0.25) is 0 Å². The molecule has 0 saturated carbocycles. The number of hydrogen-bond acceptors (Lipinski definition) is 5. The number of hydrazine groups is 1.